The summed E-state index contributed by atoms with van der Waals surface area (Å²) in [5.74, 6) is 2.29. The molecule has 0 amide bonds. The normalized spacial score (nSPS) is 11.6. The summed E-state index contributed by atoms with van der Waals surface area (Å²) in [6, 6.07) is 54.1. The van der Waals surface area contributed by atoms with E-state index in [2.05, 4.69) is 84.9 Å². The van der Waals surface area contributed by atoms with Crippen molar-refractivity contribution >= 4 is 53.4 Å². The maximum absolute atomic E-state index is 6.39. The Morgan fingerprint density at radius 1 is 0.400 bits per heavy atom. The van der Waals surface area contributed by atoms with Gasteiger partial charge in [-0.25, -0.2) is 19.9 Å². The van der Waals surface area contributed by atoms with Gasteiger partial charge in [-0.15, -0.1) is 11.3 Å². The second kappa shape index (κ2) is 11.6. The molecule has 0 unspecified atom stereocenters. The lowest BCUT2D eigenvalue weighted by atomic mass is 10.0. The second-order valence-corrected chi connectivity index (χ2v) is 13.3. The fraction of sp³-hybridized carbons (Fsp3) is 0. The van der Waals surface area contributed by atoms with Crippen LogP contribution in [0.2, 0.25) is 0 Å². The summed E-state index contributed by atoms with van der Waals surface area (Å²) in [6.07, 6.45) is 0. The van der Waals surface area contributed by atoms with Crippen molar-refractivity contribution in [2.45, 2.75) is 0 Å². The Morgan fingerprint density at radius 2 is 1.08 bits per heavy atom. The molecule has 234 valence electrons. The molecule has 0 aliphatic carbocycles. The van der Waals surface area contributed by atoms with Crippen LogP contribution in [0.5, 0.6) is 0 Å². The zero-order valence-electron chi connectivity index (χ0n) is 26.6. The number of hydrogen-bond acceptors (Lipinski definition) is 6. The topological polar surface area (TPSA) is 64.7 Å². The number of fused-ring (bicyclic) bond motifs is 6. The van der Waals surface area contributed by atoms with Crippen LogP contribution >= 0.6 is 11.3 Å². The summed E-state index contributed by atoms with van der Waals surface area (Å²) in [5.41, 5.74) is 7.48. The van der Waals surface area contributed by atoms with Gasteiger partial charge in [-0.1, -0.05) is 121 Å². The second-order valence-electron chi connectivity index (χ2n) is 12.3. The molecule has 6 heteroatoms. The predicted molar refractivity (Wildman–Crippen MR) is 205 cm³/mol. The van der Waals surface area contributed by atoms with Crippen molar-refractivity contribution in [2.24, 2.45) is 0 Å². The van der Waals surface area contributed by atoms with Crippen LogP contribution in [0.4, 0.5) is 0 Å². The average molecular weight is 659 g/mol. The molecule has 0 N–H and O–H groups in total. The fourth-order valence-electron chi connectivity index (χ4n) is 6.71. The van der Waals surface area contributed by atoms with Gasteiger partial charge in [0.1, 0.15) is 5.52 Å². The zero-order valence-corrected chi connectivity index (χ0v) is 27.4. The smallest absolute Gasteiger partial charge is 0.228 e. The van der Waals surface area contributed by atoms with Crippen LogP contribution in [0.1, 0.15) is 0 Å². The third-order valence-corrected chi connectivity index (χ3v) is 10.3. The summed E-state index contributed by atoms with van der Waals surface area (Å²) in [6.45, 7) is 0. The van der Waals surface area contributed by atoms with E-state index in [0.717, 1.165) is 44.1 Å². The van der Waals surface area contributed by atoms with Crippen LogP contribution in [0.15, 0.2) is 162 Å². The summed E-state index contributed by atoms with van der Waals surface area (Å²) in [4.78, 5) is 20.2. The lowest BCUT2D eigenvalue weighted by Crippen LogP contribution is -2.01. The number of aromatic nitrogens is 4. The molecule has 0 atom stereocenters. The quantitative estimate of drug-likeness (QED) is 0.184. The Kier molecular flexibility index (Phi) is 6.60. The van der Waals surface area contributed by atoms with Gasteiger partial charge < -0.3 is 4.42 Å². The molecule has 0 radical (unpaired) electrons. The number of benzene rings is 7. The van der Waals surface area contributed by atoms with Crippen LogP contribution in [0.3, 0.4) is 0 Å². The lowest BCUT2D eigenvalue weighted by Gasteiger charge is -2.10. The number of rotatable bonds is 5. The van der Waals surface area contributed by atoms with Crippen LogP contribution < -0.4 is 0 Å². The molecule has 0 bridgehead atoms. The van der Waals surface area contributed by atoms with Crippen molar-refractivity contribution in [3.05, 3.63) is 158 Å². The van der Waals surface area contributed by atoms with Crippen LogP contribution in [0.25, 0.3) is 98.8 Å². The van der Waals surface area contributed by atoms with Gasteiger partial charge in [-0.05, 0) is 52.9 Å². The highest BCUT2D eigenvalue weighted by Gasteiger charge is 2.20. The van der Waals surface area contributed by atoms with Gasteiger partial charge in [0.05, 0.1) is 0 Å². The minimum Gasteiger partial charge on any atom is -0.436 e. The van der Waals surface area contributed by atoms with E-state index in [1.807, 2.05) is 72.8 Å². The molecule has 0 fully saturated rings. The summed E-state index contributed by atoms with van der Waals surface area (Å²) >= 11 is 1.81. The number of nitrogens with zero attached hydrogens (tertiary/aromatic N) is 4. The lowest BCUT2D eigenvalue weighted by molar-refractivity contribution is 0.620. The average Bonchev–Trinajstić information content (AvgIpc) is 3.80. The van der Waals surface area contributed by atoms with Gasteiger partial charge in [-0.2, -0.15) is 0 Å². The highest BCUT2D eigenvalue weighted by Crippen LogP contribution is 2.39. The molecular weight excluding hydrogens is 633 g/mol. The monoisotopic (exact) mass is 658 g/mol. The van der Waals surface area contributed by atoms with Crippen molar-refractivity contribution in [1.82, 2.24) is 19.9 Å². The van der Waals surface area contributed by atoms with Gasteiger partial charge in [0.2, 0.25) is 5.89 Å². The van der Waals surface area contributed by atoms with E-state index in [1.165, 1.54) is 31.3 Å². The summed E-state index contributed by atoms with van der Waals surface area (Å²) < 4.78 is 8.86. The molecule has 0 spiro atoms. The molecule has 7 aromatic carbocycles. The third kappa shape index (κ3) is 4.85. The highest BCUT2D eigenvalue weighted by molar-refractivity contribution is 7.25. The predicted octanol–water partition coefficient (Wildman–Crippen LogP) is 11.9. The van der Waals surface area contributed by atoms with E-state index < -0.39 is 0 Å². The van der Waals surface area contributed by atoms with Crippen LogP contribution in [0, 0.1) is 0 Å². The SMILES string of the molecule is c1ccc(-c2ccc3c(c2)sc2ccc(-c4nc(-c5ccccc5)nc(-c5ccccc5-c5nc6c(ccc7ccccc76)o5)n4)cc23)cc1. The Balaban J connectivity index is 1.13. The first-order valence-corrected chi connectivity index (χ1v) is 17.3. The standard InChI is InChI=1S/C44H26N4OS/c1-3-11-27(12-4-1)30-19-22-33-36-25-31(21-24-38(36)50-39(33)26-30)42-46-41(29-14-5-2-6-15-29)47-43(48-42)34-17-9-10-18-35(34)44-45-40-32-16-8-7-13-28(32)20-23-37(40)49-44/h1-26H. The highest BCUT2D eigenvalue weighted by atomic mass is 32.1. The Labute approximate surface area is 291 Å². The number of thiophene rings is 1. The van der Waals surface area contributed by atoms with Gasteiger partial charge >= 0.3 is 0 Å². The maximum Gasteiger partial charge on any atom is 0.228 e. The van der Waals surface area contributed by atoms with Gasteiger partial charge in [0.15, 0.2) is 23.1 Å². The Hall–Kier alpha value is -6.50. The molecule has 10 rings (SSSR count). The molecule has 0 aliphatic heterocycles. The molecule has 3 aromatic heterocycles. The van der Waals surface area contributed by atoms with E-state index in [4.69, 9.17) is 24.4 Å². The van der Waals surface area contributed by atoms with E-state index in [0.29, 0.717) is 23.4 Å². The van der Waals surface area contributed by atoms with Crippen molar-refractivity contribution in [3.63, 3.8) is 0 Å². The summed E-state index contributed by atoms with van der Waals surface area (Å²) in [7, 11) is 0. The first-order chi connectivity index (χ1) is 24.7. The van der Waals surface area contributed by atoms with Gasteiger partial charge in [-0.3, -0.25) is 0 Å². The Bertz CT molecular complexity index is 2880. The van der Waals surface area contributed by atoms with E-state index in [-0.39, 0.29) is 0 Å². The van der Waals surface area contributed by atoms with Crippen molar-refractivity contribution < 1.29 is 4.42 Å². The molecule has 0 saturated carbocycles. The van der Waals surface area contributed by atoms with Crippen LogP contribution in [-0.4, -0.2) is 19.9 Å². The molecule has 5 nitrogen and oxygen atoms in total. The molecular formula is C44H26N4OS. The van der Waals surface area contributed by atoms with Gasteiger partial charge in [0.25, 0.3) is 0 Å². The number of oxazole rings is 1. The maximum atomic E-state index is 6.39. The Morgan fingerprint density at radius 3 is 1.92 bits per heavy atom. The summed E-state index contributed by atoms with van der Waals surface area (Å²) in [5, 5.41) is 4.58. The first-order valence-electron chi connectivity index (χ1n) is 16.5. The molecule has 3 heterocycles. The minimum absolute atomic E-state index is 0.524. The third-order valence-electron chi connectivity index (χ3n) is 9.19. The van der Waals surface area contributed by atoms with E-state index >= 15 is 0 Å². The van der Waals surface area contributed by atoms with E-state index in [1.54, 1.807) is 11.3 Å². The van der Waals surface area contributed by atoms with Gasteiger partial charge in [0, 0.05) is 47.8 Å². The largest absolute Gasteiger partial charge is 0.436 e. The van der Waals surface area contributed by atoms with Crippen LogP contribution in [-0.2, 0) is 0 Å². The molecule has 0 aliphatic rings. The van der Waals surface area contributed by atoms with E-state index in [9.17, 15) is 0 Å². The minimum atomic E-state index is 0.524. The zero-order chi connectivity index (χ0) is 33.0. The molecule has 0 saturated heterocycles. The van der Waals surface area contributed by atoms with Crippen molar-refractivity contribution in [3.8, 4) is 56.7 Å². The number of hydrogen-bond donors (Lipinski definition) is 0. The molecule has 50 heavy (non-hydrogen) atoms. The van der Waals surface area contributed by atoms with Crippen molar-refractivity contribution in [1.29, 1.82) is 0 Å². The fourth-order valence-corrected chi connectivity index (χ4v) is 7.84. The van der Waals surface area contributed by atoms with Crippen molar-refractivity contribution in [2.75, 3.05) is 0 Å². The molecule has 10 aromatic rings. The first kappa shape index (κ1) is 28.5.